The molecule has 1 aliphatic heterocycles. The monoisotopic (exact) mass is 286 g/mol. The Morgan fingerprint density at radius 1 is 1.33 bits per heavy atom. The number of urea groups is 1. The second-order valence-electron chi connectivity index (χ2n) is 5.09. The van der Waals surface area contributed by atoms with Crippen LogP contribution in [0.4, 0.5) is 16.2 Å². The maximum absolute atomic E-state index is 11.6. The van der Waals surface area contributed by atoms with E-state index in [0.29, 0.717) is 19.6 Å². The molecule has 2 aromatic rings. The highest BCUT2D eigenvalue weighted by Crippen LogP contribution is 2.21. The first-order valence-electron chi connectivity index (χ1n) is 6.96. The third kappa shape index (κ3) is 2.69. The molecule has 1 fully saturated rings. The van der Waals surface area contributed by atoms with Gasteiger partial charge < -0.3 is 15.2 Å². The molecule has 0 aliphatic carbocycles. The van der Waals surface area contributed by atoms with Gasteiger partial charge in [0.1, 0.15) is 5.76 Å². The summed E-state index contributed by atoms with van der Waals surface area (Å²) in [6.07, 6.45) is 0. The normalized spacial score (nSPS) is 14.4. The number of hydrogen-bond acceptors (Lipinski definition) is 4. The van der Waals surface area contributed by atoms with Crippen LogP contribution in [0.2, 0.25) is 0 Å². The molecule has 1 aliphatic rings. The average molecular weight is 286 g/mol. The van der Waals surface area contributed by atoms with Gasteiger partial charge in [-0.3, -0.25) is 4.90 Å². The molecule has 6 nitrogen and oxygen atoms in total. The summed E-state index contributed by atoms with van der Waals surface area (Å²) in [7, 11) is 0. The van der Waals surface area contributed by atoms with Gasteiger partial charge in [0.25, 0.3) is 0 Å². The number of aromatic nitrogens is 1. The van der Waals surface area contributed by atoms with E-state index in [1.54, 1.807) is 4.90 Å². The number of benzene rings is 1. The third-order valence-corrected chi connectivity index (χ3v) is 3.69. The van der Waals surface area contributed by atoms with Crippen LogP contribution in [-0.4, -0.2) is 24.3 Å². The van der Waals surface area contributed by atoms with Gasteiger partial charge in [-0.2, -0.15) is 0 Å². The largest absolute Gasteiger partial charge is 0.381 e. The lowest BCUT2D eigenvalue weighted by atomic mass is 10.2. The van der Waals surface area contributed by atoms with Gasteiger partial charge in [0.05, 0.1) is 5.69 Å². The maximum Gasteiger partial charge on any atom is 0.321 e. The molecule has 2 N–H and O–H groups in total. The lowest BCUT2D eigenvalue weighted by Gasteiger charge is -2.15. The van der Waals surface area contributed by atoms with Crippen LogP contribution in [0.5, 0.6) is 0 Å². The van der Waals surface area contributed by atoms with Gasteiger partial charge in [-0.15, -0.1) is 0 Å². The SMILES string of the molecule is Cc1noc(C)c1CNc1ccc(N2CCNC2=O)cc1. The minimum Gasteiger partial charge on any atom is -0.381 e. The van der Waals surface area contributed by atoms with Gasteiger partial charge in [0, 0.05) is 36.6 Å². The fourth-order valence-corrected chi connectivity index (χ4v) is 2.42. The summed E-state index contributed by atoms with van der Waals surface area (Å²) in [5.41, 5.74) is 3.90. The number of aryl methyl sites for hydroxylation is 2. The molecule has 3 rings (SSSR count). The molecule has 6 heteroatoms. The van der Waals surface area contributed by atoms with E-state index in [1.165, 1.54) is 0 Å². The van der Waals surface area contributed by atoms with E-state index in [0.717, 1.165) is 28.4 Å². The Hall–Kier alpha value is -2.50. The first kappa shape index (κ1) is 13.5. The average Bonchev–Trinajstić information content (AvgIpc) is 3.04. The number of carbonyl (C=O) groups excluding carboxylic acids is 1. The van der Waals surface area contributed by atoms with Crippen LogP contribution >= 0.6 is 0 Å². The highest BCUT2D eigenvalue weighted by molar-refractivity contribution is 5.94. The molecular weight excluding hydrogens is 268 g/mol. The van der Waals surface area contributed by atoms with E-state index in [9.17, 15) is 4.79 Å². The summed E-state index contributed by atoms with van der Waals surface area (Å²) in [5.74, 6) is 0.838. The van der Waals surface area contributed by atoms with E-state index >= 15 is 0 Å². The molecule has 0 saturated carbocycles. The Morgan fingerprint density at radius 2 is 2.10 bits per heavy atom. The molecule has 0 bridgehead atoms. The number of anilines is 2. The number of rotatable bonds is 4. The zero-order valence-electron chi connectivity index (χ0n) is 12.1. The van der Waals surface area contributed by atoms with Crippen molar-refractivity contribution in [3.8, 4) is 0 Å². The number of hydrogen-bond donors (Lipinski definition) is 2. The molecule has 110 valence electrons. The molecule has 1 saturated heterocycles. The number of carbonyl (C=O) groups is 1. The van der Waals surface area contributed by atoms with Crippen LogP contribution in [0, 0.1) is 13.8 Å². The zero-order chi connectivity index (χ0) is 14.8. The molecule has 0 unspecified atom stereocenters. The topological polar surface area (TPSA) is 70.4 Å². The molecule has 1 aromatic carbocycles. The quantitative estimate of drug-likeness (QED) is 0.905. The summed E-state index contributed by atoms with van der Waals surface area (Å²) in [6.45, 7) is 5.93. The van der Waals surface area contributed by atoms with Crippen LogP contribution in [0.1, 0.15) is 17.0 Å². The molecule has 0 spiro atoms. The molecule has 2 amide bonds. The van der Waals surface area contributed by atoms with Crippen molar-refractivity contribution in [3.63, 3.8) is 0 Å². The van der Waals surface area contributed by atoms with E-state index < -0.39 is 0 Å². The van der Waals surface area contributed by atoms with E-state index in [2.05, 4.69) is 15.8 Å². The maximum atomic E-state index is 11.6. The predicted molar refractivity (Wildman–Crippen MR) is 80.5 cm³/mol. The van der Waals surface area contributed by atoms with Gasteiger partial charge in [0.2, 0.25) is 0 Å². The Morgan fingerprint density at radius 3 is 2.67 bits per heavy atom. The minimum atomic E-state index is -0.0357. The lowest BCUT2D eigenvalue weighted by Crippen LogP contribution is -2.27. The van der Waals surface area contributed by atoms with Crippen molar-refractivity contribution in [1.82, 2.24) is 10.5 Å². The molecular formula is C15H18N4O2. The van der Waals surface area contributed by atoms with Crippen molar-refractivity contribution in [2.75, 3.05) is 23.3 Å². The summed E-state index contributed by atoms with van der Waals surface area (Å²) in [4.78, 5) is 13.3. The standard InChI is InChI=1S/C15H18N4O2/c1-10-14(11(2)21-18-10)9-17-12-3-5-13(6-4-12)19-8-7-16-15(19)20/h3-6,17H,7-9H2,1-2H3,(H,16,20). The molecule has 21 heavy (non-hydrogen) atoms. The van der Waals surface area contributed by atoms with Crippen LogP contribution in [0.15, 0.2) is 28.8 Å². The highest BCUT2D eigenvalue weighted by atomic mass is 16.5. The lowest BCUT2D eigenvalue weighted by molar-refractivity contribution is 0.252. The summed E-state index contributed by atoms with van der Waals surface area (Å²) >= 11 is 0. The summed E-state index contributed by atoms with van der Waals surface area (Å²) in [6, 6.07) is 7.80. The molecule has 2 heterocycles. The Balaban J connectivity index is 1.66. The first-order valence-corrected chi connectivity index (χ1v) is 6.96. The van der Waals surface area contributed by atoms with Crippen LogP contribution in [-0.2, 0) is 6.54 Å². The second kappa shape index (κ2) is 5.47. The molecule has 0 radical (unpaired) electrons. The van der Waals surface area contributed by atoms with Crippen molar-refractivity contribution < 1.29 is 9.32 Å². The Bertz CT molecular complexity index is 629. The van der Waals surface area contributed by atoms with Crippen molar-refractivity contribution in [2.24, 2.45) is 0 Å². The van der Waals surface area contributed by atoms with Gasteiger partial charge in [-0.05, 0) is 38.1 Å². The molecule has 1 aromatic heterocycles. The number of nitrogens with one attached hydrogen (secondary N) is 2. The van der Waals surface area contributed by atoms with Crippen molar-refractivity contribution in [3.05, 3.63) is 41.3 Å². The van der Waals surface area contributed by atoms with Gasteiger partial charge >= 0.3 is 6.03 Å². The van der Waals surface area contributed by atoms with Gasteiger partial charge in [-0.1, -0.05) is 5.16 Å². The van der Waals surface area contributed by atoms with Crippen LogP contribution < -0.4 is 15.5 Å². The number of nitrogens with zero attached hydrogens (tertiary/aromatic N) is 2. The first-order chi connectivity index (χ1) is 10.1. The fourth-order valence-electron chi connectivity index (χ4n) is 2.42. The number of amides is 2. The smallest absolute Gasteiger partial charge is 0.321 e. The predicted octanol–water partition coefficient (Wildman–Crippen LogP) is 2.43. The van der Waals surface area contributed by atoms with Gasteiger partial charge in [-0.25, -0.2) is 4.79 Å². The summed E-state index contributed by atoms with van der Waals surface area (Å²) < 4.78 is 5.14. The summed E-state index contributed by atoms with van der Waals surface area (Å²) in [5, 5.41) is 10.1. The van der Waals surface area contributed by atoms with E-state index in [4.69, 9.17) is 4.52 Å². The van der Waals surface area contributed by atoms with Gasteiger partial charge in [0.15, 0.2) is 0 Å². The molecule has 0 atom stereocenters. The van der Waals surface area contributed by atoms with Crippen LogP contribution in [0.3, 0.4) is 0 Å². The van der Waals surface area contributed by atoms with Crippen molar-refractivity contribution in [2.45, 2.75) is 20.4 Å². The van der Waals surface area contributed by atoms with Crippen molar-refractivity contribution in [1.29, 1.82) is 0 Å². The van der Waals surface area contributed by atoms with Crippen LogP contribution in [0.25, 0.3) is 0 Å². The van der Waals surface area contributed by atoms with E-state index in [1.807, 2.05) is 38.1 Å². The van der Waals surface area contributed by atoms with Crippen molar-refractivity contribution >= 4 is 17.4 Å². The second-order valence-corrected chi connectivity index (χ2v) is 5.09. The van der Waals surface area contributed by atoms with E-state index in [-0.39, 0.29) is 6.03 Å². The Labute approximate surface area is 123 Å². The fraction of sp³-hybridized carbons (Fsp3) is 0.333. The minimum absolute atomic E-state index is 0.0357. The zero-order valence-corrected chi connectivity index (χ0v) is 12.1. The third-order valence-electron chi connectivity index (χ3n) is 3.69. The Kier molecular flexibility index (Phi) is 3.51. The highest BCUT2D eigenvalue weighted by Gasteiger charge is 2.20.